The van der Waals surface area contributed by atoms with E-state index >= 15 is 0 Å². The Morgan fingerprint density at radius 2 is 2.07 bits per heavy atom. The van der Waals surface area contributed by atoms with Gasteiger partial charge in [0.25, 0.3) is 6.43 Å². The molecule has 0 saturated carbocycles. The van der Waals surface area contributed by atoms with Crippen molar-refractivity contribution < 1.29 is 18.7 Å². The number of ketones is 1. The second-order valence-electron chi connectivity index (χ2n) is 2.75. The Kier molecular flexibility index (Phi) is 3.41. The highest BCUT2D eigenvalue weighted by Gasteiger charge is 2.16. The average Bonchev–Trinajstić information content (AvgIpc) is 2.02. The molecule has 14 heavy (non-hydrogen) atoms. The highest BCUT2D eigenvalue weighted by Crippen LogP contribution is 2.30. The minimum Gasteiger partial charge on any atom is -0.507 e. The molecule has 0 aliphatic rings. The number of benzene rings is 1. The third kappa shape index (κ3) is 2.20. The monoisotopic (exact) mass is 312 g/mol. The molecule has 0 spiro atoms. The number of halogens is 3. The summed E-state index contributed by atoms with van der Waals surface area (Å²) in [5.74, 6) is -0.688. The fourth-order valence-corrected chi connectivity index (χ4v) is 1.71. The first kappa shape index (κ1) is 11.4. The van der Waals surface area contributed by atoms with Gasteiger partial charge in [0.05, 0.1) is 5.56 Å². The lowest BCUT2D eigenvalue weighted by atomic mass is 10.1. The van der Waals surface area contributed by atoms with Crippen LogP contribution in [0.15, 0.2) is 12.1 Å². The summed E-state index contributed by atoms with van der Waals surface area (Å²) in [6.07, 6.45) is -2.64. The van der Waals surface area contributed by atoms with Gasteiger partial charge in [-0.15, -0.1) is 0 Å². The van der Waals surface area contributed by atoms with E-state index < -0.39 is 12.2 Å². The zero-order valence-corrected chi connectivity index (χ0v) is 9.38. The van der Waals surface area contributed by atoms with Crippen molar-refractivity contribution in [2.45, 2.75) is 13.3 Å². The molecule has 0 amide bonds. The molecule has 0 bridgehead atoms. The third-order valence-electron chi connectivity index (χ3n) is 1.73. The molecule has 1 rings (SSSR count). The Morgan fingerprint density at radius 1 is 1.50 bits per heavy atom. The SMILES string of the molecule is CC(=O)c1cc(C(F)F)c(I)cc1O. The number of alkyl halides is 2. The van der Waals surface area contributed by atoms with Gasteiger partial charge >= 0.3 is 0 Å². The molecule has 0 aliphatic heterocycles. The van der Waals surface area contributed by atoms with E-state index in [1.54, 1.807) is 22.6 Å². The maximum Gasteiger partial charge on any atom is 0.264 e. The van der Waals surface area contributed by atoms with Gasteiger partial charge in [-0.1, -0.05) is 0 Å². The van der Waals surface area contributed by atoms with Crippen LogP contribution in [0.4, 0.5) is 8.78 Å². The predicted molar refractivity (Wildman–Crippen MR) is 55.8 cm³/mol. The highest BCUT2D eigenvalue weighted by atomic mass is 127. The van der Waals surface area contributed by atoms with E-state index in [4.69, 9.17) is 0 Å². The molecule has 5 heteroatoms. The molecule has 2 nitrogen and oxygen atoms in total. The van der Waals surface area contributed by atoms with E-state index in [0.717, 1.165) is 6.07 Å². The van der Waals surface area contributed by atoms with E-state index in [2.05, 4.69) is 0 Å². The Labute approximate surface area is 93.1 Å². The first-order chi connectivity index (χ1) is 6.43. The zero-order chi connectivity index (χ0) is 10.9. The van der Waals surface area contributed by atoms with Crippen LogP contribution >= 0.6 is 22.6 Å². The van der Waals surface area contributed by atoms with Crippen molar-refractivity contribution in [1.29, 1.82) is 0 Å². The van der Waals surface area contributed by atoms with Gasteiger partial charge in [-0.25, -0.2) is 8.78 Å². The number of hydrogen-bond acceptors (Lipinski definition) is 2. The molecule has 0 aliphatic carbocycles. The quantitative estimate of drug-likeness (QED) is 0.673. The van der Waals surface area contributed by atoms with E-state index in [-0.39, 0.29) is 20.4 Å². The van der Waals surface area contributed by atoms with Crippen LogP contribution in [-0.2, 0) is 0 Å². The summed E-state index contributed by atoms with van der Waals surface area (Å²) in [6.45, 7) is 1.22. The van der Waals surface area contributed by atoms with Crippen LogP contribution in [0.25, 0.3) is 0 Å². The van der Waals surface area contributed by atoms with Crippen LogP contribution in [-0.4, -0.2) is 10.9 Å². The van der Waals surface area contributed by atoms with Crippen molar-refractivity contribution in [3.05, 3.63) is 26.8 Å². The number of phenolic OH excluding ortho intramolecular Hbond substituents is 1. The summed E-state index contributed by atoms with van der Waals surface area (Å²) in [5, 5.41) is 9.30. The van der Waals surface area contributed by atoms with Crippen molar-refractivity contribution in [2.75, 3.05) is 0 Å². The fourth-order valence-electron chi connectivity index (χ4n) is 1.03. The summed E-state index contributed by atoms with van der Waals surface area (Å²) in [6, 6.07) is 2.20. The Balaban J connectivity index is 3.34. The minimum absolute atomic E-state index is 0.0688. The van der Waals surface area contributed by atoms with E-state index in [0.29, 0.717) is 0 Å². The molecule has 0 saturated heterocycles. The summed E-state index contributed by atoms with van der Waals surface area (Å²) < 4.78 is 25.1. The Bertz CT molecular complexity index is 377. The Hall–Kier alpha value is -0.720. The van der Waals surface area contributed by atoms with Crippen molar-refractivity contribution in [3.63, 3.8) is 0 Å². The number of hydrogen-bond donors (Lipinski definition) is 1. The molecular formula is C9H7F2IO2. The van der Waals surface area contributed by atoms with Crippen LogP contribution in [0.2, 0.25) is 0 Å². The first-order valence-electron chi connectivity index (χ1n) is 3.75. The lowest BCUT2D eigenvalue weighted by Gasteiger charge is -2.07. The topological polar surface area (TPSA) is 37.3 Å². The van der Waals surface area contributed by atoms with E-state index in [1.807, 2.05) is 0 Å². The summed E-state index contributed by atoms with van der Waals surface area (Å²) in [5.41, 5.74) is -0.297. The van der Waals surface area contributed by atoms with Gasteiger partial charge in [-0.2, -0.15) is 0 Å². The molecule has 0 fully saturated rings. The Morgan fingerprint density at radius 3 is 2.50 bits per heavy atom. The van der Waals surface area contributed by atoms with Gasteiger partial charge in [0.1, 0.15) is 5.75 Å². The highest BCUT2D eigenvalue weighted by molar-refractivity contribution is 14.1. The van der Waals surface area contributed by atoms with Gasteiger partial charge in [-0.05, 0) is 41.6 Å². The molecular weight excluding hydrogens is 305 g/mol. The molecule has 1 aromatic rings. The van der Waals surface area contributed by atoms with Crippen LogP contribution in [0.5, 0.6) is 5.75 Å². The standard InChI is InChI=1S/C9H7F2IO2/c1-4(13)5-2-6(9(10)11)7(12)3-8(5)14/h2-3,9,14H,1H3. The third-order valence-corrected chi connectivity index (χ3v) is 2.66. The van der Waals surface area contributed by atoms with Crippen molar-refractivity contribution in [3.8, 4) is 5.75 Å². The van der Waals surface area contributed by atoms with Crippen LogP contribution in [0, 0.1) is 3.57 Å². The van der Waals surface area contributed by atoms with Crippen molar-refractivity contribution in [2.24, 2.45) is 0 Å². The molecule has 0 radical (unpaired) electrons. The van der Waals surface area contributed by atoms with E-state index in [9.17, 15) is 18.7 Å². The summed E-state index contributed by atoms with van der Waals surface area (Å²) in [7, 11) is 0. The largest absolute Gasteiger partial charge is 0.507 e. The van der Waals surface area contributed by atoms with Crippen LogP contribution in [0.1, 0.15) is 29.3 Å². The predicted octanol–water partition coefficient (Wildman–Crippen LogP) is 3.14. The second kappa shape index (κ2) is 4.20. The van der Waals surface area contributed by atoms with Gasteiger partial charge in [-0.3, -0.25) is 4.79 Å². The zero-order valence-electron chi connectivity index (χ0n) is 7.22. The lowest BCUT2D eigenvalue weighted by Crippen LogP contribution is -1.98. The normalized spacial score (nSPS) is 10.6. The first-order valence-corrected chi connectivity index (χ1v) is 4.83. The molecule has 0 heterocycles. The van der Waals surface area contributed by atoms with Gasteiger partial charge < -0.3 is 5.11 Å². The number of Topliss-reactive ketones (excluding diaryl/α,β-unsaturated/α-hetero) is 1. The molecule has 76 valence electrons. The van der Waals surface area contributed by atoms with Crippen LogP contribution in [0.3, 0.4) is 0 Å². The van der Waals surface area contributed by atoms with Gasteiger partial charge in [0, 0.05) is 9.13 Å². The molecule has 0 unspecified atom stereocenters. The number of carbonyl (C=O) groups is 1. The van der Waals surface area contributed by atoms with Crippen molar-refractivity contribution in [1.82, 2.24) is 0 Å². The average molecular weight is 312 g/mol. The molecule has 1 aromatic carbocycles. The molecule has 0 aromatic heterocycles. The summed E-state index contributed by atoms with van der Waals surface area (Å²) in [4.78, 5) is 10.9. The van der Waals surface area contributed by atoms with Gasteiger partial charge in [0.2, 0.25) is 0 Å². The minimum atomic E-state index is -2.64. The molecule has 0 atom stereocenters. The smallest absolute Gasteiger partial charge is 0.264 e. The number of carbonyl (C=O) groups excluding carboxylic acids is 1. The molecule has 1 N–H and O–H groups in total. The lowest BCUT2D eigenvalue weighted by molar-refractivity contribution is 0.101. The summed E-state index contributed by atoms with van der Waals surface area (Å²) >= 11 is 1.69. The van der Waals surface area contributed by atoms with Crippen LogP contribution < -0.4 is 0 Å². The number of phenols is 1. The van der Waals surface area contributed by atoms with Gasteiger partial charge in [0.15, 0.2) is 5.78 Å². The maximum atomic E-state index is 12.4. The number of aromatic hydroxyl groups is 1. The fraction of sp³-hybridized carbons (Fsp3) is 0.222. The van der Waals surface area contributed by atoms with Crippen molar-refractivity contribution >= 4 is 28.4 Å². The van der Waals surface area contributed by atoms with E-state index in [1.165, 1.54) is 13.0 Å². The second-order valence-corrected chi connectivity index (χ2v) is 3.91. The number of rotatable bonds is 2. The maximum absolute atomic E-state index is 12.4.